The first-order valence-electron chi connectivity index (χ1n) is 15.4. The molecule has 23 heteroatoms. The summed E-state index contributed by atoms with van der Waals surface area (Å²) in [5, 5.41) is 10.00. The average Bonchev–Trinajstić information content (AvgIpc) is 3.63. The Morgan fingerprint density at radius 2 is 1.53 bits per heavy atom. The Balaban J connectivity index is 0.000000312. The zero-order chi connectivity index (χ0) is 40.6. The number of aldehydes is 1. The standard InChI is InChI=1S/C26H24ClN9O.C4F6O2.C2HF3O/c27-21-13-31-25-33-20-9-16(11-29-12-20)1-2-17-10-19(32-24(21)35-25)3-4-22(17)34-26(37)36-8-5-18(15-36)23-14-28-6-7-30-23;5-3(6,7)1(11)2(12)4(8,9)10;3-2(4,5)1-6/h3-4,6-7,9-14,18H,1-2,5,8,15H2,(H,34,37)(H2,31,32,33,35);;1H. The Bertz CT molecular complexity index is 1990. The van der Waals surface area contributed by atoms with Gasteiger partial charge in [0.05, 0.1) is 23.8 Å². The number of nitrogens with zero attached hydrogens (tertiary/aromatic N) is 6. The van der Waals surface area contributed by atoms with Gasteiger partial charge in [0, 0.05) is 55.2 Å². The highest BCUT2D eigenvalue weighted by molar-refractivity contribution is 6.41. The fourth-order valence-corrected chi connectivity index (χ4v) is 5.05. The van der Waals surface area contributed by atoms with Gasteiger partial charge in [-0.15, -0.1) is 0 Å². The van der Waals surface area contributed by atoms with Crippen LogP contribution in [-0.2, 0) is 27.2 Å². The summed E-state index contributed by atoms with van der Waals surface area (Å²) in [6.45, 7) is 1.28. The molecular formula is C32H25ClF9N9O4. The minimum atomic E-state index is -5.77. The van der Waals surface area contributed by atoms with E-state index < -0.39 is 36.4 Å². The maximum atomic E-state index is 13.2. The Morgan fingerprint density at radius 3 is 2.15 bits per heavy atom. The molecule has 3 aromatic heterocycles. The fourth-order valence-electron chi connectivity index (χ4n) is 4.91. The molecule has 4 aromatic rings. The number of ketones is 2. The van der Waals surface area contributed by atoms with E-state index >= 15 is 0 Å². The highest BCUT2D eigenvalue weighted by Crippen LogP contribution is 2.31. The Hall–Kier alpha value is -5.93. The molecule has 1 aromatic carbocycles. The molecule has 1 atom stereocenters. The van der Waals surface area contributed by atoms with Crippen molar-refractivity contribution in [3.8, 4) is 0 Å². The van der Waals surface area contributed by atoms with Gasteiger partial charge in [-0.3, -0.25) is 29.3 Å². The van der Waals surface area contributed by atoms with Crippen molar-refractivity contribution in [3.63, 3.8) is 0 Å². The minimum absolute atomic E-state index is 0.123. The number of pyridine rings is 1. The van der Waals surface area contributed by atoms with E-state index in [2.05, 4.69) is 40.9 Å². The number of aromatic nitrogens is 5. The van der Waals surface area contributed by atoms with Crippen LogP contribution in [0.5, 0.6) is 0 Å². The summed E-state index contributed by atoms with van der Waals surface area (Å²) in [6.07, 6.45) is -4.68. The number of hydrogen-bond acceptors (Lipinski definition) is 11. The molecule has 2 amide bonds. The number of aryl methyl sites for hydroxylation is 2. The Morgan fingerprint density at radius 1 is 0.836 bits per heavy atom. The van der Waals surface area contributed by atoms with Crippen molar-refractivity contribution in [1.29, 1.82) is 0 Å². The molecule has 0 saturated carbocycles. The van der Waals surface area contributed by atoms with Crippen molar-refractivity contribution < 1.29 is 58.7 Å². The second-order valence-electron chi connectivity index (χ2n) is 11.4. The van der Waals surface area contributed by atoms with Crippen LogP contribution in [0.3, 0.4) is 0 Å². The SMILES string of the molecule is O=C(C(=O)C(F)(F)F)C(F)(F)F.O=C(Nc1ccc2cc1CCc1cncc(c1)Nc1ncc(Cl)c(n1)N2)N1CCC(c2cnccn2)C1.O=CC(F)(F)F. The van der Waals surface area contributed by atoms with Crippen LogP contribution in [0, 0.1) is 0 Å². The van der Waals surface area contributed by atoms with Gasteiger partial charge >= 0.3 is 36.1 Å². The number of amides is 2. The number of carbonyl (C=O) groups is 4. The number of benzene rings is 1. The normalized spacial score (nSPS) is 15.1. The molecule has 292 valence electrons. The highest BCUT2D eigenvalue weighted by Gasteiger charge is 2.54. The predicted octanol–water partition coefficient (Wildman–Crippen LogP) is 6.92. The van der Waals surface area contributed by atoms with Crippen LogP contribution >= 0.6 is 11.6 Å². The Labute approximate surface area is 308 Å². The van der Waals surface area contributed by atoms with Gasteiger partial charge in [0.25, 0.3) is 0 Å². The van der Waals surface area contributed by atoms with Crippen LogP contribution in [0.1, 0.15) is 29.2 Å². The molecule has 2 aliphatic heterocycles. The quantitative estimate of drug-likeness (QED) is 0.112. The molecule has 5 heterocycles. The molecule has 6 rings (SSSR count). The third-order valence-corrected chi connectivity index (χ3v) is 7.70. The zero-order valence-corrected chi connectivity index (χ0v) is 28.3. The van der Waals surface area contributed by atoms with Crippen molar-refractivity contribution in [1.82, 2.24) is 29.8 Å². The molecule has 0 spiro atoms. The van der Waals surface area contributed by atoms with Crippen LogP contribution in [0.2, 0.25) is 5.02 Å². The Kier molecular flexibility index (Phi) is 13.3. The van der Waals surface area contributed by atoms with E-state index in [4.69, 9.17) is 16.4 Å². The van der Waals surface area contributed by atoms with Crippen LogP contribution in [0.15, 0.2) is 61.4 Å². The number of nitrogens with one attached hydrogen (secondary N) is 3. The maximum Gasteiger partial charge on any atom is 0.458 e. The van der Waals surface area contributed by atoms with Gasteiger partial charge in [-0.25, -0.2) is 9.78 Å². The molecular weight excluding hydrogens is 781 g/mol. The maximum absolute atomic E-state index is 13.2. The molecule has 0 aliphatic carbocycles. The van der Waals surface area contributed by atoms with E-state index in [-0.39, 0.29) is 11.9 Å². The number of rotatable bonds is 3. The lowest BCUT2D eigenvalue weighted by atomic mass is 10.0. The summed E-state index contributed by atoms with van der Waals surface area (Å²) in [6, 6.07) is 7.73. The van der Waals surface area contributed by atoms with E-state index in [1.54, 1.807) is 31.0 Å². The van der Waals surface area contributed by atoms with Gasteiger partial charge in [-0.2, -0.15) is 44.5 Å². The van der Waals surface area contributed by atoms with Gasteiger partial charge in [0.1, 0.15) is 5.02 Å². The number of alkyl halides is 9. The molecule has 3 N–H and O–H groups in total. The van der Waals surface area contributed by atoms with Crippen LogP contribution in [-0.4, -0.2) is 85.3 Å². The molecule has 0 radical (unpaired) electrons. The van der Waals surface area contributed by atoms with Gasteiger partial charge in [0.15, 0.2) is 5.82 Å². The van der Waals surface area contributed by atoms with E-state index in [1.807, 2.05) is 35.4 Å². The van der Waals surface area contributed by atoms with Crippen molar-refractivity contribution in [2.24, 2.45) is 0 Å². The van der Waals surface area contributed by atoms with Crippen molar-refractivity contribution in [3.05, 3.63) is 83.3 Å². The first-order valence-corrected chi connectivity index (χ1v) is 15.8. The summed E-state index contributed by atoms with van der Waals surface area (Å²) in [7, 11) is 0. The zero-order valence-electron chi connectivity index (χ0n) is 27.6. The van der Waals surface area contributed by atoms with Gasteiger partial charge in [-0.05, 0) is 54.7 Å². The number of hydrogen-bond donors (Lipinski definition) is 3. The third-order valence-electron chi connectivity index (χ3n) is 7.42. The number of anilines is 5. The number of halogens is 10. The third kappa shape index (κ3) is 12.3. The van der Waals surface area contributed by atoms with E-state index in [0.717, 1.165) is 46.7 Å². The lowest BCUT2D eigenvalue weighted by Crippen LogP contribution is -2.39. The van der Waals surface area contributed by atoms with Crippen molar-refractivity contribution >= 4 is 64.3 Å². The highest BCUT2D eigenvalue weighted by atomic mass is 35.5. The first kappa shape index (κ1) is 41.8. The van der Waals surface area contributed by atoms with E-state index in [9.17, 15) is 53.9 Å². The van der Waals surface area contributed by atoms with E-state index in [0.29, 0.717) is 36.3 Å². The second-order valence-corrected chi connectivity index (χ2v) is 11.8. The smallest absolute Gasteiger partial charge is 0.339 e. The van der Waals surface area contributed by atoms with Gasteiger partial charge < -0.3 is 20.9 Å². The lowest BCUT2D eigenvalue weighted by Gasteiger charge is -2.20. The summed E-state index contributed by atoms with van der Waals surface area (Å²) >= 11 is 6.36. The number of likely N-dealkylation sites (tertiary alicyclic amines) is 1. The van der Waals surface area contributed by atoms with Crippen LogP contribution in [0.25, 0.3) is 0 Å². The molecule has 2 aliphatic rings. The summed E-state index contributed by atoms with van der Waals surface area (Å²) < 4.78 is 98.2. The second kappa shape index (κ2) is 17.5. The van der Waals surface area contributed by atoms with Crippen molar-refractivity contribution in [2.75, 3.05) is 29.0 Å². The number of urea groups is 1. The monoisotopic (exact) mass is 805 g/mol. The topological polar surface area (TPSA) is 172 Å². The molecule has 55 heavy (non-hydrogen) atoms. The number of carbonyl (C=O) groups excluding carboxylic acids is 4. The predicted molar refractivity (Wildman–Crippen MR) is 176 cm³/mol. The van der Waals surface area contributed by atoms with Crippen LogP contribution < -0.4 is 16.0 Å². The number of Topliss-reactive ketones (excluding diaryl/α,β-unsaturated/α-hetero) is 2. The molecule has 1 saturated heterocycles. The fraction of sp³-hybridized carbons (Fsp3) is 0.281. The van der Waals surface area contributed by atoms with Crippen molar-refractivity contribution in [2.45, 2.75) is 43.7 Å². The van der Waals surface area contributed by atoms with Gasteiger partial charge in [0.2, 0.25) is 12.2 Å². The molecule has 6 bridgehead atoms. The van der Waals surface area contributed by atoms with Crippen LogP contribution in [0.4, 0.5) is 73.1 Å². The summed E-state index contributed by atoms with van der Waals surface area (Å²) in [5.74, 6) is -5.72. The van der Waals surface area contributed by atoms with E-state index in [1.165, 1.54) is 0 Å². The largest absolute Gasteiger partial charge is 0.458 e. The number of fused-ring (bicyclic) bond motifs is 6. The summed E-state index contributed by atoms with van der Waals surface area (Å²) in [4.78, 5) is 64.7. The molecule has 1 unspecified atom stereocenters. The summed E-state index contributed by atoms with van der Waals surface area (Å²) in [5.41, 5.74) is 5.34. The molecule has 1 fully saturated rings. The lowest BCUT2D eigenvalue weighted by molar-refractivity contribution is -0.193. The van der Waals surface area contributed by atoms with Gasteiger partial charge in [-0.1, -0.05) is 11.6 Å². The average molecular weight is 806 g/mol. The molecule has 13 nitrogen and oxygen atoms in total. The first-order chi connectivity index (χ1) is 25.7. The minimum Gasteiger partial charge on any atom is -0.339 e.